The number of anilines is 10. The molecule has 0 heterocycles. The Morgan fingerprint density at radius 2 is 0.337 bits per heavy atom. The van der Waals surface area contributed by atoms with Crippen molar-refractivity contribution in [2.24, 2.45) is 0 Å². The van der Waals surface area contributed by atoms with Crippen LogP contribution in [0.3, 0.4) is 0 Å². The minimum Gasteiger partial charge on any atom is -0.372 e. The van der Waals surface area contributed by atoms with Gasteiger partial charge in [0.1, 0.15) is 0 Å². The summed E-state index contributed by atoms with van der Waals surface area (Å²) in [6.45, 7) is 4.38. The minimum atomic E-state index is -4.51. The van der Waals surface area contributed by atoms with E-state index in [1.54, 1.807) is 102 Å². The molecule has 0 aliphatic carbocycles. The molecule has 0 atom stereocenters. The molecule has 0 unspecified atom stereocenters. The molecule has 5 aromatic rings. The predicted octanol–water partition coefficient (Wildman–Crippen LogP) is 21.5. The zero-order valence-electron chi connectivity index (χ0n) is 48.0. The van der Waals surface area contributed by atoms with Gasteiger partial charge in [-0.25, -0.2) is 0 Å². The van der Waals surface area contributed by atoms with Crippen LogP contribution in [0.15, 0.2) is 121 Å². The third-order valence-electron chi connectivity index (χ3n) is 14.2. The molecule has 478 valence electrons. The SMILES string of the molecule is CCCCN(CCCC(F)(F)F)c1ccc(N(c2ccc(N(CCCC)CCCC(F)(F)F)cc2)c2ccc(N(c3ccc(N(CCCC(F)(F)F)CCCC(F)(F)F)cc3)c3ccc(N(CCCC(F)(F)F)CCCC(F)(F)F)cc3)cc2)cc1. The monoisotopic (exact) mass is 1240 g/mol. The third-order valence-corrected chi connectivity index (χ3v) is 14.2. The molecular formula is C62H74F18N6. The maximum atomic E-state index is 13.2. The number of benzene rings is 5. The zero-order valence-corrected chi connectivity index (χ0v) is 48.0. The van der Waals surface area contributed by atoms with Crippen LogP contribution in [0.25, 0.3) is 0 Å². The Balaban J connectivity index is 1.62. The van der Waals surface area contributed by atoms with Gasteiger partial charge in [0.25, 0.3) is 0 Å². The van der Waals surface area contributed by atoms with Crippen molar-refractivity contribution in [3.05, 3.63) is 121 Å². The Labute approximate surface area is 491 Å². The van der Waals surface area contributed by atoms with Gasteiger partial charge in [-0.2, -0.15) is 79.0 Å². The van der Waals surface area contributed by atoms with Gasteiger partial charge >= 0.3 is 37.1 Å². The lowest BCUT2D eigenvalue weighted by atomic mass is 10.1. The summed E-state index contributed by atoms with van der Waals surface area (Å²) in [5.74, 6) is 0. The first-order valence-corrected chi connectivity index (χ1v) is 28.8. The van der Waals surface area contributed by atoms with Gasteiger partial charge in [-0.1, -0.05) is 26.7 Å². The van der Waals surface area contributed by atoms with E-state index >= 15 is 0 Å². The summed E-state index contributed by atoms with van der Waals surface area (Å²) in [6.07, 6.45) is -32.1. The van der Waals surface area contributed by atoms with Crippen molar-refractivity contribution >= 4 is 56.9 Å². The molecule has 0 amide bonds. The van der Waals surface area contributed by atoms with E-state index in [1.165, 1.54) is 9.80 Å². The second kappa shape index (κ2) is 32.0. The molecule has 86 heavy (non-hydrogen) atoms. The van der Waals surface area contributed by atoms with E-state index < -0.39 is 101 Å². The van der Waals surface area contributed by atoms with Crippen LogP contribution in [-0.2, 0) is 0 Å². The number of hydrogen-bond donors (Lipinski definition) is 0. The van der Waals surface area contributed by atoms with E-state index in [1.807, 2.05) is 52.8 Å². The lowest BCUT2D eigenvalue weighted by Crippen LogP contribution is -2.28. The second-order valence-corrected chi connectivity index (χ2v) is 21.2. The van der Waals surface area contributed by atoms with E-state index in [2.05, 4.69) is 0 Å². The van der Waals surface area contributed by atoms with Crippen molar-refractivity contribution < 1.29 is 79.0 Å². The third kappa shape index (κ3) is 25.5. The molecule has 5 aromatic carbocycles. The zero-order chi connectivity index (χ0) is 63.4. The van der Waals surface area contributed by atoms with Gasteiger partial charge in [-0.15, -0.1) is 0 Å². The van der Waals surface area contributed by atoms with Crippen molar-refractivity contribution in [1.82, 2.24) is 0 Å². The quantitative estimate of drug-likeness (QED) is 0.0380. The smallest absolute Gasteiger partial charge is 0.372 e. The highest BCUT2D eigenvalue weighted by atomic mass is 19.4. The molecule has 5 rings (SSSR count). The van der Waals surface area contributed by atoms with E-state index in [-0.39, 0.29) is 52.1 Å². The lowest BCUT2D eigenvalue weighted by Gasteiger charge is -2.31. The fourth-order valence-corrected chi connectivity index (χ4v) is 9.90. The van der Waals surface area contributed by atoms with Crippen molar-refractivity contribution in [2.75, 3.05) is 81.8 Å². The number of halogens is 18. The molecule has 6 nitrogen and oxygen atoms in total. The van der Waals surface area contributed by atoms with Crippen LogP contribution in [-0.4, -0.2) is 89.4 Å². The summed E-state index contributed by atoms with van der Waals surface area (Å²) in [6, 6.07) is 34.1. The summed E-state index contributed by atoms with van der Waals surface area (Å²) >= 11 is 0. The Morgan fingerprint density at radius 3 is 0.465 bits per heavy atom. The maximum Gasteiger partial charge on any atom is 0.389 e. The van der Waals surface area contributed by atoms with Crippen LogP contribution in [0.4, 0.5) is 136 Å². The number of hydrogen-bond acceptors (Lipinski definition) is 6. The standard InChI is InChI=1S/C62H74F18N6/c1-3-5-39-81(41-7-33-57(63,64)65)47-13-21-51(22-14-47)85(52-23-15-48(16-24-52)82(40-6-4-2)42-8-34-58(66,67)68)55-29-31-56(32-30-55)86(53-25-17-49(18-26-53)83(43-9-35-59(69,70)71)44-10-36-60(72,73)74)54-27-19-50(20-28-54)84(45-11-37-61(75,76)77)46-12-38-62(78,79)80/h13-32H,3-12,33-46H2,1-2H3. The molecule has 0 radical (unpaired) electrons. The normalized spacial score (nSPS) is 12.6. The fourth-order valence-electron chi connectivity index (χ4n) is 9.90. The summed E-state index contributed by atoms with van der Waals surface area (Å²) in [4.78, 5) is 10.3. The van der Waals surface area contributed by atoms with Crippen molar-refractivity contribution in [2.45, 2.75) is 154 Å². The van der Waals surface area contributed by atoms with Gasteiger partial charge in [0.15, 0.2) is 0 Å². The summed E-state index contributed by atoms with van der Waals surface area (Å²) < 4.78 is 238. The highest BCUT2D eigenvalue weighted by Gasteiger charge is 2.32. The molecular weight excluding hydrogens is 1170 g/mol. The van der Waals surface area contributed by atoms with Crippen molar-refractivity contribution in [3.63, 3.8) is 0 Å². The molecule has 0 aliphatic heterocycles. The summed E-state index contributed by atoms with van der Waals surface area (Å²) in [5, 5.41) is 0. The molecule has 0 aromatic heterocycles. The van der Waals surface area contributed by atoms with E-state index in [0.29, 0.717) is 70.0 Å². The predicted molar refractivity (Wildman–Crippen MR) is 306 cm³/mol. The first-order chi connectivity index (χ1) is 40.3. The molecule has 0 fully saturated rings. The molecule has 0 N–H and O–H groups in total. The number of alkyl halides is 18. The number of nitrogens with zero attached hydrogens (tertiary/aromatic N) is 6. The molecule has 0 saturated heterocycles. The number of unbranched alkanes of at least 4 members (excludes halogenated alkanes) is 2. The van der Waals surface area contributed by atoms with Gasteiger partial charge in [0.2, 0.25) is 0 Å². The minimum absolute atomic E-state index is 0.124. The lowest BCUT2D eigenvalue weighted by molar-refractivity contribution is -0.136. The molecule has 0 spiro atoms. The first-order valence-electron chi connectivity index (χ1n) is 28.8. The van der Waals surface area contributed by atoms with Crippen LogP contribution >= 0.6 is 0 Å². The molecule has 0 saturated carbocycles. The van der Waals surface area contributed by atoms with Crippen molar-refractivity contribution in [1.29, 1.82) is 0 Å². The second-order valence-electron chi connectivity index (χ2n) is 21.2. The Kier molecular flexibility index (Phi) is 26.2. The van der Waals surface area contributed by atoms with Crippen LogP contribution in [0.2, 0.25) is 0 Å². The highest BCUT2D eigenvalue weighted by molar-refractivity contribution is 5.82. The summed E-state index contributed by atoms with van der Waals surface area (Å²) in [5.41, 5.74) is 5.17. The Hall–Kier alpha value is -6.36. The summed E-state index contributed by atoms with van der Waals surface area (Å²) in [7, 11) is 0. The molecule has 0 aliphatic rings. The fraction of sp³-hybridized carbons (Fsp3) is 0.516. The van der Waals surface area contributed by atoms with Gasteiger partial charge in [0.05, 0.1) is 0 Å². The highest BCUT2D eigenvalue weighted by Crippen LogP contribution is 2.42. The molecule has 0 bridgehead atoms. The average molecular weight is 1250 g/mol. The van der Waals surface area contributed by atoms with E-state index in [9.17, 15) is 79.0 Å². The van der Waals surface area contributed by atoms with Crippen molar-refractivity contribution in [3.8, 4) is 0 Å². The van der Waals surface area contributed by atoms with Crippen LogP contribution in [0.1, 0.15) is 117 Å². The van der Waals surface area contributed by atoms with Crippen LogP contribution in [0.5, 0.6) is 0 Å². The van der Waals surface area contributed by atoms with E-state index in [0.717, 1.165) is 25.7 Å². The topological polar surface area (TPSA) is 19.4 Å². The van der Waals surface area contributed by atoms with Gasteiger partial charge in [-0.05, 0) is 173 Å². The van der Waals surface area contributed by atoms with Gasteiger partial charge in [-0.3, -0.25) is 0 Å². The maximum absolute atomic E-state index is 13.2. The molecule has 24 heteroatoms. The van der Waals surface area contributed by atoms with E-state index in [4.69, 9.17) is 0 Å². The van der Waals surface area contributed by atoms with Gasteiger partial charge < -0.3 is 29.4 Å². The Morgan fingerprint density at radius 1 is 0.209 bits per heavy atom. The largest absolute Gasteiger partial charge is 0.389 e. The Bertz CT molecular complexity index is 2480. The first kappa shape index (κ1) is 70.4. The van der Waals surface area contributed by atoms with Gasteiger partial charge in [0, 0.05) is 148 Å². The average Bonchev–Trinajstić information content (AvgIpc) is 1.88. The number of rotatable bonds is 34. The van der Waals surface area contributed by atoms with Crippen LogP contribution in [0, 0.1) is 0 Å². The van der Waals surface area contributed by atoms with Crippen LogP contribution < -0.4 is 29.4 Å².